The number of methoxy groups -OCH3 is 1. The van der Waals surface area contributed by atoms with Crippen molar-refractivity contribution in [3.8, 4) is 5.75 Å². The first kappa shape index (κ1) is 19.2. The summed E-state index contributed by atoms with van der Waals surface area (Å²) in [5.74, 6) is 1.45. The standard InChI is InChI=1S/C19H15Cl2N5O3/c1-10-22-17-14(7-11(20)8-15(17)21)18(27)26(10)9-16-24-25-19(29-16)23-12-3-5-13(28-2)6-4-12/h3-8H,9H2,1-2H3,(H,23,25). The molecule has 0 bridgehead atoms. The lowest BCUT2D eigenvalue weighted by Crippen LogP contribution is -2.24. The summed E-state index contributed by atoms with van der Waals surface area (Å²) in [5, 5.41) is 12.0. The first-order valence-electron chi connectivity index (χ1n) is 8.54. The van der Waals surface area contributed by atoms with Crippen molar-refractivity contribution < 1.29 is 9.15 Å². The molecule has 0 fully saturated rings. The molecule has 0 unspecified atom stereocenters. The van der Waals surface area contributed by atoms with Crippen LogP contribution >= 0.6 is 23.2 Å². The summed E-state index contributed by atoms with van der Waals surface area (Å²) < 4.78 is 12.2. The summed E-state index contributed by atoms with van der Waals surface area (Å²) in [6, 6.07) is 10.5. The van der Waals surface area contributed by atoms with Crippen molar-refractivity contribution in [3.63, 3.8) is 0 Å². The van der Waals surface area contributed by atoms with Gasteiger partial charge in [0.1, 0.15) is 18.1 Å². The topological polar surface area (TPSA) is 95.1 Å². The van der Waals surface area contributed by atoms with Crippen LogP contribution in [0.4, 0.5) is 11.7 Å². The van der Waals surface area contributed by atoms with E-state index in [9.17, 15) is 4.79 Å². The quantitative estimate of drug-likeness (QED) is 0.505. The van der Waals surface area contributed by atoms with Gasteiger partial charge in [0.25, 0.3) is 5.56 Å². The lowest BCUT2D eigenvalue weighted by molar-refractivity contribution is 0.415. The van der Waals surface area contributed by atoms with E-state index in [0.29, 0.717) is 26.8 Å². The monoisotopic (exact) mass is 431 g/mol. The predicted molar refractivity (Wildman–Crippen MR) is 110 cm³/mol. The SMILES string of the molecule is COc1ccc(Nc2nnc(Cn3c(C)nc4c(Cl)cc(Cl)cc4c3=O)o2)cc1. The van der Waals surface area contributed by atoms with Crippen LogP contribution in [0.15, 0.2) is 45.6 Å². The molecule has 0 saturated carbocycles. The first-order valence-corrected chi connectivity index (χ1v) is 9.30. The van der Waals surface area contributed by atoms with E-state index in [4.69, 9.17) is 32.4 Å². The third-order valence-corrected chi connectivity index (χ3v) is 4.78. The Hall–Kier alpha value is -3.10. The Morgan fingerprint density at radius 1 is 1.17 bits per heavy atom. The Morgan fingerprint density at radius 3 is 2.66 bits per heavy atom. The Kier molecular flexibility index (Phi) is 5.12. The maximum atomic E-state index is 12.9. The zero-order valence-electron chi connectivity index (χ0n) is 15.4. The minimum Gasteiger partial charge on any atom is -0.497 e. The molecule has 0 radical (unpaired) electrons. The largest absolute Gasteiger partial charge is 0.497 e. The Labute approximate surface area is 175 Å². The minimum atomic E-state index is -0.292. The Balaban J connectivity index is 1.61. The Bertz CT molecular complexity index is 1250. The summed E-state index contributed by atoms with van der Waals surface area (Å²) in [6.45, 7) is 1.77. The van der Waals surface area contributed by atoms with Crippen LogP contribution in [0.2, 0.25) is 10.0 Å². The second kappa shape index (κ2) is 7.73. The number of ether oxygens (including phenoxy) is 1. The summed E-state index contributed by atoms with van der Waals surface area (Å²) in [5.41, 5.74) is 0.868. The zero-order valence-corrected chi connectivity index (χ0v) is 17.0. The van der Waals surface area contributed by atoms with Gasteiger partial charge in [0.05, 0.1) is 23.0 Å². The minimum absolute atomic E-state index is 0.0645. The van der Waals surface area contributed by atoms with Gasteiger partial charge >= 0.3 is 6.01 Å². The highest BCUT2D eigenvalue weighted by atomic mass is 35.5. The van der Waals surface area contributed by atoms with Crippen LogP contribution in [0.25, 0.3) is 10.9 Å². The molecule has 0 amide bonds. The molecule has 0 aliphatic heterocycles. The highest BCUT2D eigenvalue weighted by molar-refractivity contribution is 6.38. The van der Waals surface area contributed by atoms with Crippen LogP contribution in [-0.4, -0.2) is 26.9 Å². The second-order valence-electron chi connectivity index (χ2n) is 6.19. The van der Waals surface area contributed by atoms with Gasteiger partial charge in [-0.1, -0.05) is 28.3 Å². The summed E-state index contributed by atoms with van der Waals surface area (Å²) in [7, 11) is 1.60. The maximum Gasteiger partial charge on any atom is 0.320 e. The number of nitrogens with one attached hydrogen (secondary N) is 1. The zero-order chi connectivity index (χ0) is 20.5. The van der Waals surface area contributed by atoms with Crippen molar-refractivity contribution in [2.45, 2.75) is 13.5 Å². The Morgan fingerprint density at radius 2 is 1.93 bits per heavy atom. The van der Waals surface area contributed by atoms with Crippen LogP contribution < -0.4 is 15.6 Å². The van der Waals surface area contributed by atoms with Crippen molar-refractivity contribution in [3.05, 3.63) is 68.5 Å². The molecule has 29 heavy (non-hydrogen) atoms. The first-order chi connectivity index (χ1) is 13.9. The van der Waals surface area contributed by atoms with E-state index in [1.54, 1.807) is 38.3 Å². The van der Waals surface area contributed by atoms with Gasteiger partial charge in [-0.15, -0.1) is 5.10 Å². The molecule has 0 spiro atoms. The molecule has 0 aliphatic carbocycles. The van der Waals surface area contributed by atoms with Crippen molar-refractivity contribution >= 4 is 45.8 Å². The van der Waals surface area contributed by atoms with E-state index in [0.717, 1.165) is 11.4 Å². The van der Waals surface area contributed by atoms with E-state index in [1.807, 2.05) is 12.1 Å². The molecular formula is C19H15Cl2N5O3. The van der Waals surface area contributed by atoms with E-state index < -0.39 is 0 Å². The number of rotatable bonds is 5. The van der Waals surface area contributed by atoms with Gasteiger partial charge in [-0.2, -0.15) is 0 Å². The number of benzene rings is 2. The smallest absolute Gasteiger partial charge is 0.320 e. The molecule has 148 valence electrons. The molecule has 0 aliphatic rings. The fraction of sp³-hybridized carbons (Fsp3) is 0.158. The highest BCUT2D eigenvalue weighted by Crippen LogP contribution is 2.25. The molecule has 2 aromatic carbocycles. The summed E-state index contributed by atoms with van der Waals surface area (Å²) in [6.07, 6.45) is 0. The second-order valence-corrected chi connectivity index (χ2v) is 7.03. The van der Waals surface area contributed by atoms with Crippen LogP contribution in [-0.2, 0) is 6.54 Å². The molecule has 4 rings (SSSR count). The number of nitrogens with zero attached hydrogens (tertiary/aromatic N) is 4. The number of hydrogen-bond acceptors (Lipinski definition) is 7. The van der Waals surface area contributed by atoms with Crippen LogP contribution in [0, 0.1) is 6.92 Å². The normalized spacial score (nSPS) is 11.0. The van der Waals surface area contributed by atoms with Gasteiger partial charge in [-0.05, 0) is 43.3 Å². The van der Waals surface area contributed by atoms with Crippen LogP contribution in [0.5, 0.6) is 5.75 Å². The van der Waals surface area contributed by atoms with E-state index in [2.05, 4.69) is 20.5 Å². The molecular weight excluding hydrogens is 417 g/mol. The van der Waals surface area contributed by atoms with Gasteiger partial charge in [0, 0.05) is 10.7 Å². The van der Waals surface area contributed by atoms with Crippen LogP contribution in [0.1, 0.15) is 11.7 Å². The van der Waals surface area contributed by atoms with E-state index in [1.165, 1.54) is 4.57 Å². The van der Waals surface area contributed by atoms with Crippen molar-refractivity contribution in [1.29, 1.82) is 0 Å². The third kappa shape index (κ3) is 3.90. The molecule has 0 saturated heterocycles. The average Bonchev–Trinajstić information content (AvgIpc) is 3.14. The number of aryl methyl sites for hydroxylation is 1. The third-order valence-electron chi connectivity index (χ3n) is 4.27. The van der Waals surface area contributed by atoms with Crippen molar-refractivity contribution in [2.24, 2.45) is 0 Å². The van der Waals surface area contributed by atoms with E-state index in [-0.39, 0.29) is 24.0 Å². The number of halogens is 2. The van der Waals surface area contributed by atoms with Crippen molar-refractivity contribution in [1.82, 2.24) is 19.7 Å². The molecule has 0 atom stereocenters. The molecule has 8 nitrogen and oxygen atoms in total. The van der Waals surface area contributed by atoms with Gasteiger partial charge in [-0.3, -0.25) is 9.36 Å². The van der Waals surface area contributed by atoms with Crippen molar-refractivity contribution in [2.75, 3.05) is 12.4 Å². The molecule has 2 heterocycles. The summed E-state index contributed by atoms with van der Waals surface area (Å²) in [4.78, 5) is 17.3. The lowest BCUT2D eigenvalue weighted by atomic mass is 10.2. The van der Waals surface area contributed by atoms with Gasteiger partial charge in [0.2, 0.25) is 5.89 Å². The molecule has 4 aromatic rings. The predicted octanol–water partition coefficient (Wildman–Crippen LogP) is 4.20. The fourth-order valence-corrected chi connectivity index (χ4v) is 3.38. The molecule has 1 N–H and O–H groups in total. The van der Waals surface area contributed by atoms with Crippen LogP contribution in [0.3, 0.4) is 0 Å². The number of fused-ring (bicyclic) bond motifs is 1. The maximum absolute atomic E-state index is 12.9. The molecule has 10 heteroatoms. The lowest BCUT2D eigenvalue weighted by Gasteiger charge is -2.09. The van der Waals surface area contributed by atoms with Gasteiger partial charge in [-0.25, -0.2) is 4.98 Å². The van der Waals surface area contributed by atoms with Gasteiger partial charge < -0.3 is 14.5 Å². The highest BCUT2D eigenvalue weighted by Gasteiger charge is 2.15. The average molecular weight is 432 g/mol. The van der Waals surface area contributed by atoms with Gasteiger partial charge in [0.15, 0.2) is 0 Å². The van der Waals surface area contributed by atoms with E-state index >= 15 is 0 Å². The number of aromatic nitrogens is 4. The number of hydrogen-bond donors (Lipinski definition) is 1. The number of anilines is 2. The fourth-order valence-electron chi connectivity index (χ4n) is 2.84. The summed E-state index contributed by atoms with van der Waals surface area (Å²) >= 11 is 12.2. The molecule has 2 aromatic heterocycles.